The summed E-state index contributed by atoms with van der Waals surface area (Å²) in [6, 6.07) is -1.26. The molecule has 0 aromatic carbocycles. The number of carboxylic acid groups (broad SMARTS) is 1. The lowest BCUT2D eigenvalue weighted by Crippen LogP contribution is -2.48. The first-order valence-electron chi connectivity index (χ1n) is 6.67. The van der Waals surface area contributed by atoms with Gasteiger partial charge in [0, 0.05) is 42.3 Å². The summed E-state index contributed by atoms with van der Waals surface area (Å²) in [4.78, 5) is 21.0. The van der Waals surface area contributed by atoms with Gasteiger partial charge in [0.05, 0.1) is 0 Å². The molecule has 0 heterocycles. The van der Waals surface area contributed by atoms with E-state index in [4.69, 9.17) is 5.11 Å². The van der Waals surface area contributed by atoms with Crippen LogP contribution in [0.1, 0.15) is 32.1 Å². The van der Waals surface area contributed by atoms with Gasteiger partial charge in [0.15, 0.2) is 0 Å². The van der Waals surface area contributed by atoms with E-state index >= 15 is 0 Å². The SMILES string of the molecule is O=C(O)CCC1=C(NC2CC(F)(F)C2)C=CC([N+](=O)[O-])C1. The molecule has 116 valence electrons. The largest absolute Gasteiger partial charge is 0.481 e. The van der Waals surface area contributed by atoms with Crippen molar-refractivity contribution in [1.29, 1.82) is 0 Å². The van der Waals surface area contributed by atoms with Crippen molar-refractivity contribution in [2.24, 2.45) is 0 Å². The number of nitro groups is 1. The topological polar surface area (TPSA) is 92.5 Å². The Kier molecular flexibility index (Phi) is 4.24. The highest BCUT2D eigenvalue weighted by molar-refractivity contribution is 5.67. The fraction of sp³-hybridized carbons (Fsp3) is 0.615. The van der Waals surface area contributed by atoms with Crippen molar-refractivity contribution in [3.63, 3.8) is 0 Å². The minimum Gasteiger partial charge on any atom is -0.481 e. The molecule has 0 aromatic heterocycles. The van der Waals surface area contributed by atoms with Crippen LogP contribution in [0.4, 0.5) is 8.78 Å². The minimum atomic E-state index is -2.65. The fourth-order valence-electron chi connectivity index (χ4n) is 2.53. The molecule has 2 N–H and O–H groups in total. The van der Waals surface area contributed by atoms with Crippen molar-refractivity contribution in [3.05, 3.63) is 33.5 Å². The minimum absolute atomic E-state index is 0.113. The number of hydrogen-bond acceptors (Lipinski definition) is 4. The Morgan fingerprint density at radius 3 is 2.71 bits per heavy atom. The number of halogens is 2. The van der Waals surface area contributed by atoms with E-state index in [1.165, 1.54) is 12.2 Å². The van der Waals surface area contributed by atoms with Crippen LogP contribution in [0.2, 0.25) is 0 Å². The number of nitrogens with one attached hydrogen (secondary N) is 1. The number of carbonyl (C=O) groups is 1. The van der Waals surface area contributed by atoms with Gasteiger partial charge in [-0.25, -0.2) is 8.78 Å². The molecule has 0 aromatic rings. The molecule has 1 unspecified atom stereocenters. The summed E-state index contributed by atoms with van der Waals surface area (Å²) in [5.74, 6) is -3.65. The maximum Gasteiger partial charge on any atom is 0.303 e. The Morgan fingerprint density at radius 1 is 1.52 bits per heavy atom. The van der Waals surface area contributed by atoms with Crippen LogP contribution in [0.25, 0.3) is 0 Å². The lowest BCUT2D eigenvalue weighted by Gasteiger charge is -2.37. The molecule has 0 saturated heterocycles. The Labute approximate surface area is 119 Å². The molecule has 1 saturated carbocycles. The number of carboxylic acids is 1. The van der Waals surface area contributed by atoms with E-state index in [0.717, 1.165) is 0 Å². The lowest BCUT2D eigenvalue weighted by molar-refractivity contribution is -0.509. The molecule has 2 rings (SSSR count). The number of alkyl halides is 2. The molecule has 0 amide bonds. The Balaban J connectivity index is 2.05. The van der Waals surface area contributed by atoms with E-state index in [0.29, 0.717) is 11.3 Å². The molecule has 0 radical (unpaired) electrons. The predicted molar refractivity (Wildman–Crippen MR) is 69.5 cm³/mol. The van der Waals surface area contributed by atoms with Crippen LogP contribution in [0.5, 0.6) is 0 Å². The maximum absolute atomic E-state index is 12.8. The van der Waals surface area contributed by atoms with Gasteiger partial charge in [-0.3, -0.25) is 14.9 Å². The number of hydrogen-bond donors (Lipinski definition) is 2. The average Bonchev–Trinajstić information content (AvgIpc) is 2.34. The number of rotatable bonds is 6. The second-order valence-corrected chi connectivity index (χ2v) is 5.43. The van der Waals surface area contributed by atoms with Gasteiger partial charge in [-0.05, 0) is 24.1 Å². The van der Waals surface area contributed by atoms with E-state index in [1.54, 1.807) is 0 Å². The van der Waals surface area contributed by atoms with Crippen LogP contribution in [-0.2, 0) is 4.79 Å². The van der Waals surface area contributed by atoms with E-state index in [9.17, 15) is 23.7 Å². The van der Waals surface area contributed by atoms with E-state index in [2.05, 4.69) is 5.32 Å². The summed E-state index contributed by atoms with van der Waals surface area (Å²) < 4.78 is 25.6. The zero-order valence-corrected chi connectivity index (χ0v) is 11.2. The lowest BCUT2D eigenvalue weighted by atomic mass is 9.86. The van der Waals surface area contributed by atoms with Gasteiger partial charge in [0.25, 0.3) is 5.92 Å². The molecule has 1 fully saturated rings. The molecule has 2 aliphatic carbocycles. The van der Waals surface area contributed by atoms with Crippen LogP contribution in [0.15, 0.2) is 23.4 Å². The molecule has 0 aliphatic heterocycles. The normalized spacial score (nSPS) is 24.6. The van der Waals surface area contributed by atoms with Crippen LogP contribution in [0, 0.1) is 10.1 Å². The first kappa shape index (κ1) is 15.4. The van der Waals surface area contributed by atoms with Crippen molar-refractivity contribution in [2.45, 2.75) is 50.1 Å². The van der Waals surface area contributed by atoms with Crippen LogP contribution < -0.4 is 5.32 Å². The van der Waals surface area contributed by atoms with Gasteiger partial charge >= 0.3 is 5.97 Å². The van der Waals surface area contributed by atoms with Gasteiger partial charge in [0.2, 0.25) is 6.04 Å². The predicted octanol–water partition coefficient (Wildman–Crippen LogP) is 2.10. The van der Waals surface area contributed by atoms with Crippen molar-refractivity contribution in [3.8, 4) is 0 Å². The Hall–Kier alpha value is -1.99. The van der Waals surface area contributed by atoms with Crippen molar-refractivity contribution in [2.75, 3.05) is 0 Å². The molecular weight excluding hydrogens is 286 g/mol. The van der Waals surface area contributed by atoms with Crippen LogP contribution in [-0.4, -0.2) is 34.0 Å². The third-order valence-electron chi connectivity index (χ3n) is 3.68. The Bertz CT molecular complexity index is 508. The third-order valence-corrected chi connectivity index (χ3v) is 3.68. The Morgan fingerprint density at radius 2 is 2.19 bits per heavy atom. The second-order valence-electron chi connectivity index (χ2n) is 5.43. The average molecular weight is 302 g/mol. The van der Waals surface area contributed by atoms with Gasteiger partial charge in [-0.2, -0.15) is 0 Å². The quantitative estimate of drug-likeness (QED) is 0.579. The number of allylic oxidation sites excluding steroid dienone is 1. The summed E-state index contributed by atoms with van der Waals surface area (Å²) in [7, 11) is 0. The molecular formula is C13H16F2N2O4. The molecule has 1 atom stereocenters. The summed E-state index contributed by atoms with van der Waals surface area (Å²) in [5, 5.41) is 22.5. The van der Waals surface area contributed by atoms with E-state index in [-0.39, 0.29) is 38.1 Å². The number of aliphatic carboxylic acids is 1. The standard InChI is InChI=1S/C13H16F2N2O4/c14-13(15)6-9(7-13)16-11-3-2-10(17(20)21)5-8(11)1-4-12(18)19/h2-3,9-10,16H,1,4-7H2,(H,18,19). The molecule has 0 bridgehead atoms. The zero-order chi connectivity index (χ0) is 15.6. The van der Waals surface area contributed by atoms with Crippen LogP contribution in [0.3, 0.4) is 0 Å². The fourth-order valence-corrected chi connectivity index (χ4v) is 2.53. The van der Waals surface area contributed by atoms with Crippen LogP contribution >= 0.6 is 0 Å². The smallest absolute Gasteiger partial charge is 0.303 e. The van der Waals surface area contributed by atoms with E-state index in [1.807, 2.05) is 0 Å². The molecule has 21 heavy (non-hydrogen) atoms. The zero-order valence-electron chi connectivity index (χ0n) is 11.2. The highest BCUT2D eigenvalue weighted by Gasteiger charge is 2.45. The van der Waals surface area contributed by atoms with Crippen molar-refractivity contribution in [1.82, 2.24) is 5.32 Å². The van der Waals surface area contributed by atoms with Gasteiger partial charge in [-0.1, -0.05) is 0 Å². The summed E-state index contributed by atoms with van der Waals surface area (Å²) in [6.45, 7) is 0. The van der Waals surface area contributed by atoms with Gasteiger partial charge in [-0.15, -0.1) is 0 Å². The highest BCUT2D eigenvalue weighted by atomic mass is 19.3. The summed E-state index contributed by atoms with van der Waals surface area (Å²) >= 11 is 0. The molecule has 2 aliphatic rings. The van der Waals surface area contributed by atoms with E-state index < -0.39 is 22.9 Å². The first-order chi connectivity index (χ1) is 9.77. The summed E-state index contributed by atoms with van der Waals surface area (Å²) in [6.07, 6.45) is 2.52. The van der Waals surface area contributed by atoms with Gasteiger partial charge < -0.3 is 10.4 Å². The molecule has 8 heteroatoms. The molecule has 6 nitrogen and oxygen atoms in total. The number of nitrogens with zero attached hydrogens (tertiary/aromatic N) is 1. The van der Waals surface area contributed by atoms with Crippen molar-refractivity contribution >= 4 is 5.97 Å². The third kappa shape index (κ3) is 3.99. The first-order valence-corrected chi connectivity index (χ1v) is 6.67. The maximum atomic E-state index is 12.8. The second kappa shape index (κ2) is 5.79. The summed E-state index contributed by atoms with van der Waals surface area (Å²) in [5.41, 5.74) is 1.16. The van der Waals surface area contributed by atoms with Gasteiger partial charge in [0.1, 0.15) is 0 Å². The van der Waals surface area contributed by atoms with Crippen molar-refractivity contribution < 1.29 is 23.6 Å². The monoisotopic (exact) mass is 302 g/mol. The highest BCUT2D eigenvalue weighted by Crippen LogP contribution is 2.38. The molecule has 0 spiro atoms.